The molecule has 0 amide bonds. The fourth-order valence-corrected chi connectivity index (χ4v) is 4.65. The molecule has 1 aliphatic heterocycles. The van der Waals surface area contributed by atoms with Crippen molar-refractivity contribution in [2.45, 2.75) is 31.2 Å². The molecule has 30 heavy (non-hydrogen) atoms. The maximum atomic E-state index is 12.9. The third kappa shape index (κ3) is 3.64. The standard InChI is InChI=1S/C22H21ClN2O4S/c1-2-29-22(26)21-20(15-7-11-17(12-8-15)30(24,27)28)19(18-4-3-13-25(18)21)14-5-9-16(23)10-6-14/h5-12H,2-4,13H2,1H3,(H2,24,27,28). The van der Waals surface area contributed by atoms with Crippen LogP contribution >= 0.6 is 11.6 Å². The van der Waals surface area contributed by atoms with Crippen molar-refractivity contribution >= 4 is 27.6 Å². The second-order valence-corrected chi connectivity index (χ2v) is 9.10. The molecule has 1 aliphatic rings. The molecule has 1 aromatic heterocycles. The number of esters is 1. The van der Waals surface area contributed by atoms with Crippen molar-refractivity contribution in [3.63, 3.8) is 0 Å². The van der Waals surface area contributed by atoms with Crippen LogP contribution in [0.5, 0.6) is 0 Å². The Kier molecular flexibility index (Phi) is 5.44. The Morgan fingerprint density at radius 2 is 1.67 bits per heavy atom. The van der Waals surface area contributed by atoms with E-state index in [1.54, 1.807) is 19.1 Å². The van der Waals surface area contributed by atoms with E-state index in [0.717, 1.165) is 47.3 Å². The molecule has 0 aliphatic carbocycles. The lowest BCUT2D eigenvalue weighted by Crippen LogP contribution is -2.13. The minimum Gasteiger partial charge on any atom is -0.461 e. The summed E-state index contributed by atoms with van der Waals surface area (Å²) in [5.41, 5.74) is 4.87. The van der Waals surface area contributed by atoms with Gasteiger partial charge in [0.1, 0.15) is 5.69 Å². The molecule has 0 unspecified atom stereocenters. The highest BCUT2D eigenvalue weighted by Crippen LogP contribution is 2.43. The smallest absolute Gasteiger partial charge is 0.355 e. The number of aromatic nitrogens is 1. The van der Waals surface area contributed by atoms with Crippen molar-refractivity contribution in [1.29, 1.82) is 0 Å². The monoisotopic (exact) mass is 444 g/mol. The van der Waals surface area contributed by atoms with Crippen LogP contribution in [0.1, 0.15) is 29.5 Å². The normalized spacial score (nSPS) is 13.3. The summed E-state index contributed by atoms with van der Waals surface area (Å²) in [4.78, 5) is 13.0. The number of carbonyl (C=O) groups excluding carboxylic acids is 1. The Labute approximate surface area is 180 Å². The molecule has 4 rings (SSSR count). The first-order valence-electron chi connectivity index (χ1n) is 9.63. The zero-order valence-corrected chi connectivity index (χ0v) is 18.0. The average Bonchev–Trinajstić information content (AvgIpc) is 3.28. The summed E-state index contributed by atoms with van der Waals surface area (Å²) >= 11 is 6.08. The van der Waals surface area contributed by atoms with E-state index < -0.39 is 16.0 Å². The summed E-state index contributed by atoms with van der Waals surface area (Å²) in [6.45, 7) is 2.76. The van der Waals surface area contributed by atoms with Gasteiger partial charge in [0.2, 0.25) is 10.0 Å². The number of nitrogens with zero attached hydrogens (tertiary/aromatic N) is 1. The number of rotatable bonds is 5. The highest BCUT2D eigenvalue weighted by atomic mass is 35.5. The van der Waals surface area contributed by atoms with Crippen molar-refractivity contribution in [1.82, 2.24) is 4.57 Å². The molecular weight excluding hydrogens is 424 g/mol. The Balaban J connectivity index is 1.99. The molecule has 0 spiro atoms. The average molecular weight is 445 g/mol. The fourth-order valence-electron chi connectivity index (χ4n) is 4.01. The molecule has 2 heterocycles. The number of sulfonamides is 1. The minimum absolute atomic E-state index is 0.0173. The van der Waals surface area contributed by atoms with Crippen molar-refractivity contribution in [3.8, 4) is 22.3 Å². The summed E-state index contributed by atoms with van der Waals surface area (Å²) < 4.78 is 30.7. The van der Waals surface area contributed by atoms with Crippen LogP contribution in [-0.2, 0) is 27.7 Å². The van der Waals surface area contributed by atoms with Crippen molar-refractivity contribution in [2.75, 3.05) is 6.61 Å². The van der Waals surface area contributed by atoms with Gasteiger partial charge in [0.15, 0.2) is 0 Å². The number of benzene rings is 2. The topological polar surface area (TPSA) is 91.4 Å². The largest absolute Gasteiger partial charge is 0.461 e. The van der Waals surface area contributed by atoms with Crippen LogP contribution in [-0.4, -0.2) is 25.6 Å². The molecule has 0 atom stereocenters. The number of nitrogens with two attached hydrogens (primary N) is 1. The minimum atomic E-state index is -3.81. The van der Waals surface area contributed by atoms with Crippen molar-refractivity contribution in [3.05, 3.63) is 64.9 Å². The van der Waals surface area contributed by atoms with Gasteiger partial charge in [-0.05, 0) is 55.2 Å². The highest BCUT2D eigenvalue weighted by molar-refractivity contribution is 7.89. The van der Waals surface area contributed by atoms with Gasteiger partial charge in [-0.1, -0.05) is 35.9 Å². The summed E-state index contributed by atoms with van der Waals surface area (Å²) in [5, 5.41) is 5.86. The number of hydrogen-bond donors (Lipinski definition) is 1. The first kappa shape index (κ1) is 20.7. The van der Waals surface area contributed by atoms with E-state index in [2.05, 4.69) is 0 Å². The Morgan fingerprint density at radius 1 is 1.07 bits per heavy atom. The predicted octanol–water partition coefficient (Wildman–Crippen LogP) is 4.25. The van der Waals surface area contributed by atoms with Crippen LogP contribution in [0.4, 0.5) is 0 Å². The molecule has 2 aromatic carbocycles. The number of carbonyl (C=O) groups is 1. The van der Waals surface area contributed by atoms with Crippen LogP contribution in [0.15, 0.2) is 53.4 Å². The first-order valence-corrected chi connectivity index (χ1v) is 11.6. The number of fused-ring (bicyclic) bond motifs is 1. The molecule has 2 N–H and O–H groups in total. The van der Waals surface area contributed by atoms with Crippen LogP contribution in [0.25, 0.3) is 22.3 Å². The van der Waals surface area contributed by atoms with E-state index in [1.165, 1.54) is 12.1 Å². The zero-order chi connectivity index (χ0) is 21.5. The zero-order valence-electron chi connectivity index (χ0n) is 16.4. The third-order valence-corrected chi connectivity index (χ3v) is 6.42. The van der Waals surface area contributed by atoms with Crippen LogP contribution < -0.4 is 5.14 Å². The summed E-state index contributed by atoms with van der Waals surface area (Å²) in [5.74, 6) is -0.397. The number of primary sulfonamides is 1. The fraction of sp³-hybridized carbons (Fsp3) is 0.227. The van der Waals surface area contributed by atoms with Crippen molar-refractivity contribution in [2.24, 2.45) is 5.14 Å². The van der Waals surface area contributed by atoms with Gasteiger partial charge in [-0.15, -0.1) is 0 Å². The van der Waals surface area contributed by atoms with Gasteiger partial charge in [-0.25, -0.2) is 18.4 Å². The molecule has 156 valence electrons. The van der Waals surface area contributed by atoms with E-state index >= 15 is 0 Å². The van der Waals surface area contributed by atoms with Gasteiger partial charge in [0, 0.05) is 28.4 Å². The lowest BCUT2D eigenvalue weighted by molar-refractivity contribution is 0.0515. The van der Waals surface area contributed by atoms with E-state index in [9.17, 15) is 13.2 Å². The van der Waals surface area contributed by atoms with E-state index in [-0.39, 0.29) is 11.5 Å². The van der Waals surface area contributed by atoms with E-state index in [1.807, 2.05) is 28.8 Å². The number of hydrogen-bond acceptors (Lipinski definition) is 4. The molecule has 3 aromatic rings. The maximum absolute atomic E-state index is 12.9. The highest BCUT2D eigenvalue weighted by Gasteiger charge is 2.31. The molecular formula is C22H21ClN2O4S. The molecule has 0 saturated carbocycles. The first-order chi connectivity index (χ1) is 14.3. The van der Waals surface area contributed by atoms with Gasteiger partial charge < -0.3 is 9.30 Å². The van der Waals surface area contributed by atoms with Crippen molar-refractivity contribution < 1.29 is 17.9 Å². The third-order valence-electron chi connectivity index (χ3n) is 5.24. The molecule has 0 fully saturated rings. The lowest BCUT2D eigenvalue weighted by atomic mass is 9.93. The Bertz CT molecular complexity index is 1210. The SMILES string of the molecule is CCOC(=O)c1c(-c2ccc(S(N)(=O)=O)cc2)c(-c2ccc(Cl)cc2)c2n1CCC2. The summed E-state index contributed by atoms with van der Waals surface area (Å²) in [6, 6.07) is 13.7. The Hall–Kier alpha value is -2.61. The summed E-state index contributed by atoms with van der Waals surface area (Å²) in [6.07, 6.45) is 1.77. The van der Waals surface area contributed by atoms with Gasteiger partial charge >= 0.3 is 5.97 Å². The second-order valence-electron chi connectivity index (χ2n) is 7.10. The molecule has 0 saturated heterocycles. The lowest BCUT2D eigenvalue weighted by Gasteiger charge is -2.11. The van der Waals surface area contributed by atoms with E-state index in [0.29, 0.717) is 10.7 Å². The molecule has 6 nitrogen and oxygen atoms in total. The molecule has 0 bridgehead atoms. The van der Waals surface area contributed by atoms with Crippen LogP contribution in [0, 0.1) is 0 Å². The van der Waals surface area contributed by atoms with Gasteiger partial charge in [0.25, 0.3) is 0 Å². The predicted molar refractivity (Wildman–Crippen MR) is 116 cm³/mol. The number of ether oxygens (including phenoxy) is 1. The van der Waals surface area contributed by atoms with E-state index in [4.69, 9.17) is 21.5 Å². The van der Waals surface area contributed by atoms with Gasteiger partial charge in [0.05, 0.1) is 11.5 Å². The van der Waals surface area contributed by atoms with Gasteiger partial charge in [-0.2, -0.15) is 0 Å². The second kappa shape index (κ2) is 7.91. The quantitative estimate of drug-likeness (QED) is 0.595. The molecule has 8 heteroatoms. The summed E-state index contributed by atoms with van der Waals surface area (Å²) in [7, 11) is -3.81. The maximum Gasteiger partial charge on any atom is 0.355 e. The number of halogens is 1. The van der Waals surface area contributed by atoms with Crippen LogP contribution in [0.2, 0.25) is 5.02 Å². The molecule has 0 radical (unpaired) electrons. The van der Waals surface area contributed by atoms with Crippen LogP contribution in [0.3, 0.4) is 0 Å². The Morgan fingerprint density at radius 3 is 2.27 bits per heavy atom. The van der Waals surface area contributed by atoms with Gasteiger partial charge in [-0.3, -0.25) is 0 Å².